The lowest BCUT2D eigenvalue weighted by atomic mass is 10.2. The molecule has 5 nitrogen and oxygen atoms in total. The maximum Gasteiger partial charge on any atom is 0.246 e. The van der Waals surface area contributed by atoms with Crippen molar-refractivity contribution in [2.24, 2.45) is 0 Å². The Bertz CT molecular complexity index is 490. The highest BCUT2D eigenvalue weighted by Gasteiger charge is 2.23. The van der Waals surface area contributed by atoms with Gasteiger partial charge in [0.25, 0.3) is 0 Å². The molecule has 1 heterocycles. The van der Waals surface area contributed by atoms with E-state index in [-0.39, 0.29) is 37.1 Å². The Kier molecular flexibility index (Phi) is 3.45. The molecule has 0 spiro atoms. The lowest BCUT2D eigenvalue weighted by molar-refractivity contribution is -0.123. The number of nitrogens with one attached hydrogen (secondary N) is 1. The molecule has 0 atom stereocenters. The zero-order chi connectivity index (χ0) is 13.1. The molecule has 96 valence electrons. The van der Waals surface area contributed by atoms with Crippen LogP contribution >= 0.6 is 0 Å². The van der Waals surface area contributed by atoms with Crippen molar-refractivity contribution in [3.8, 4) is 5.75 Å². The van der Waals surface area contributed by atoms with Gasteiger partial charge in [-0.15, -0.1) is 0 Å². The van der Waals surface area contributed by atoms with Gasteiger partial charge in [-0.25, -0.2) is 4.39 Å². The highest BCUT2D eigenvalue weighted by molar-refractivity contribution is 5.99. The third kappa shape index (κ3) is 2.42. The van der Waals surface area contributed by atoms with Crippen LogP contribution in [0.25, 0.3) is 0 Å². The van der Waals surface area contributed by atoms with Crippen LogP contribution in [0.2, 0.25) is 0 Å². The van der Waals surface area contributed by atoms with E-state index in [4.69, 9.17) is 4.74 Å². The van der Waals surface area contributed by atoms with Crippen molar-refractivity contribution in [1.82, 2.24) is 5.32 Å². The number of hydrogen-bond donors (Lipinski definition) is 1. The molecule has 1 aliphatic rings. The van der Waals surface area contributed by atoms with E-state index in [9.17, 15) is 14.0 Å². The molecule has 1 N–H and O–H groups in total. The quantitative estimate of drug-likeness (QED) is 0.842. The van der Waals surface area contributed by atoms with Crippen LogP contribution in [-0.4, -0.2) is 32.0 Å². The maximum absolute atomic E-state index is 13.1. The summed E-state index contributed by atoms with van der Waals surface area (Å²) in [6.45, 7) is 0.200. The average molecular weight is 252 g/mol. The van der Waals surface area contributed by atoms with E-state index in [1.54, 1.807) is 0 Å². The molecular weight excluding hydrogens is 239 g/mol. The van der Waals surface area contributed by atoms with Crippen LogP contribution in [0.4, 0.5) is 10.1 Å². The molecule has 1 aliphatic heterocycles. The highest BCUT2D eigenvalue weighted by atomic mass is 19.1. The molecular formula is C12H13FN2O3. The van der Waals surface area contributed by atoms with Gasteiger partial charge in [0.1, 0.15) is 11.6 Å². The number of ether oxygens (including phenoxy) is 1. The fourth-order valence-electron chi connectivity index (χ4n) is 1.83. The number of rotatable bonds is 2. The minimum absolute atomic E-state index is 0.0562. The van der Waals surface area contributed by atoms with Gasteiger partial charge >= 0.3 is 0 Å². The standard InChI is InChI=1S/C12H13FN2O3/c1-18-10-6-8(13)2-3-9(10)15-5-4-11(16)14-7-12(15)17/h2-3,6H,4-5,7H2,1H3,(H,14,16). The molecule has 1 saturated heterocycles. The first-order valence-electron chi connectivity index (χ1n) is 5.52. The summed E-state index contributed by atoms with van der Waals surface area (Å²) < 4.78 is 18.1. The van der Waals surface area contributed by atoms with Crippen LogP contribution in [0, 0.1) is 5.82 Å². The molecule has 0 radical (unpaired) electrons. The predicted molar refractivity (Wildman–Crippen MR) is 62.9 cm³/mol. The maximum atomic E-state index is 13.1. The highest BCUT2D eigenvalue weighted by Crippen LogP contribution is 2.29. The average Bonchev–Trinajstić information content (AvgIpc) is 2.52. The minimum atomic E-state index is -0.438. The first-order valence-corrected chi connectivity index (χ1v) is 5.52. The molecule has 1 aromatic rings. The Labute approximate surface area is 104 Å². The van der Waals surface area contributed by atoms with Crippen LogP contribution in [0.3, 0.4) is 0 Å². The largest absolute Gasteiger partial charge is 0.494 e. The van der Waals surface area contributed by atoms with Gasteiger partial charge in [-0.1, -0.05) is 0 Å². The van der Waals surface area contributed by atoms with Gasteiger partial charge in [0.15, 0.2) is 0 Å². The van der Waals surface area contributed by atoms with Gasteiger partial charge < -0.3 is 15.0 Å². The molecule has 1 aromatic carbocycles. The van der Waals surface area contributed by atoms with Crippen molar-refractivity contribution < 1.29 is 18.7 Å². The normalized spacial score (nSPS) is 16.2. The Morgan fingerprint density at radius 2 is 2.17 bits per heavy atom. The summed E-state index contributed by atoms with van der Waals surface area (Å²) >= 11 is 0. The van der Waals surface area contributed by atoms with E-state index >= 15 is 0 Å². The summed E-state index contributed by atoms with van der Waals surface area (Å²) in [5.74, 6) is -0.581. The Morgan fingerprint density at radius 3 is 2.89 bits per heavy atom. The number of benzene rings is 1. The van der Waals surface area contributed by atoms with E-state index in [1.165, 1.54) is 30.2 Å². The van der Waals surface area contributed by atoms with Crippen LogP contribution in [0.1, 0.15) is 6.42 Å². The first-order chi connectivity index (χ1) is 8.61. The third-order valence-electron chi connectivity index (χ3n) is 2.73. The van der Waals surface area contributed by atoms with Crippen molar-refractivity contribution in [1.29, 1.82) is 0 Å². The van der Waals surface area contributed by atoms with Crippen LogP contribution in [0.15, 0.2) is 18.2 Å². The van der Waals surface area contributed by atoms with Crippen LogP contribution in [0.5, 0.6) is 5.75 Å². The van der Waals surface area contributed by atoms with E-state index < -0.39 is 5.82 Å². The Hall–Kier alpha value is -2.11. The Balaban J connectivity index is 2.34. The lowest BCUT2D eigenvalue weighted by Gasteiger charge is -2.22. The Morgan fingerprint density at radius 1 is 1.39 bits per heavy atom. The number of methoxy groups -OCH3 is 1. The van der Waals surface area contributed by atoms with Crippen LogP contribution in [-0.2, 0) is 9.59 Å². The smallest absolute Gasteiger partial charge is 0.246 e. The molecule has 2 rings (SSSR count). The van der Waals surface area contributed by atoms with Crippen LogP contribution < -0.4 is 15.0 Å². The van der Waals surface area contributed by atoms with Gasteiger partial charge in [-0.2, -0.15) is 0 Å². The first kappa shape index (κ1) is 12.3. The van der Waals surface area contributed by atoms with Crippen molar-refractivity contribution in [3.63, 3.8) is 0 Å². The summed E-state index contributed by atoms with van der Waals surface area (Å²) in [6, 6.07) is 3.94. The van der Waals surface area contributed by atoms with Crippen molar-refractivity contribution in [3.05, 3.63) is 24.0 Å². The minimum Gasteiger partial charge on any atom is -0.494 e. The molecule has 6 heteroatoms. The molecule has 0 saturated carbocycles. The molecule has 1 fully saturated rings. The topological polar surface area (TPSA) is 58.6 Å². The molecule has 18 heavy (non-hydrogen) atoms. The van der Waals surface area contributed by atoms with Crippen molar-refractivity contribution in [2.45, 2.75) is 6.42 Å². The van der Waals surface area contributed by atoms with E-state index in [0.717, 1.165) is 0 Å². The van der Waals surface area contributed by atoms with Gasteiger partial charge in [0.05, 0.1) is 19.3 Å². The predicted octanol–water partition coefficient (Wildman–Crippen LogP) is 0.687. The SMILES string of the molecule is COc1cc(F)ccc1N1CCC(=O)NCC1=O. The molecule has 2 amide bonds. The molecule has 0 aromatic heterocycles. The van der Waals surface area contributed by atoms with E-state index in [2.05, 4.69) is 5.32 Å². The number of halogens is 1. The molecule has 0 bridgehead atoms. The molecule has 0 aliphatic carbocycles. The van der Waals surface area contributed by atoms with Gasteiger partial charge in [0.2, 0.25) is 11.8 Å². The summed E-state index contributed by atoms with van der Waals surface area (Å²) in [6.07, 6.45) is 0.215. The molecule has 0 unspecified atom stereocenters. The summed E-state index contributed by atoms with van der Waals surface area (Å²) in [7, 11) is 1.41. The van der Waals surface area contributed by atoms with Gasteiger partial charge in [0, 0.05) is 19.0 Å². The van der Waals surface area contributed by atoms with E-state index in [0.29, 0.717) is 5.69 Å². The number of amides is 2. The fourth-order valence-corrected chi connectivity index (χ4v) is 1.83. The summed E-state index contributed by atoms with van der Waals surface area (Å²) in [5.41, 5.74) is 0.473. The van der Waals surface area contributed by atoms with Crippen molar-refractivity contribution >= 4 is 17.5 Å². The van der Waals surface area contributed by atoms with Crippen molar-refractivity contribution in [2.75, 3.05) is 25.1 Å². The number of carbonyl (C=O) groups excluding carboxylic acids is 2. The number of anilines is 1. The second-order valence-electron chi connectivity index (χ2n) is 3.89. The zero-order valence-electron chi connectivity index (χ0n) is 9.90. The summed E-state index contributed by atoms with van der Waals surface area (Å²) in [5, 5.41) is 2.50. The zero-order valence-corrected chi connectivity index (χ0v) is 9.90. The second-order valence-corrected chi connectivity index (χ2v) is 3.89. The van der Waals surface area contributed by atoms with Gasteiger partial charge in [-0.3, -0.25) is 9.59 Å². The summed E-state index contributed by atoms with van der Waals surface area (Å²) in [4.78, 5) is 24.5. The number of nitrogens with zero attached hydrogens (tertiary/aromatic N) is 1. The number of hydrogen-bond acceptors (Lipinski definition) is 3. The lowest BCUT2D eigenvalue weighted by Crippen LogP contribution is -2.35. The van der Waals surface area contributed by atoms with E-state index in [1.807, 2.05) is 0 Å². The van der Waals surface area contributed by atoms with Gasteiger partial charge in [-0.05, 0) is 12.1 Å². The monoisotopic (exact) mass is 252 g/mol. The third-order valence-corrected chi connectivity index (χ3v) is 2.73. The fraction of sp³-hybridized carbons (Fsp3) is 0.333. The second kappa shape index (κ2) is 5.03. The number of carbonyl (C=O) groups is 2.